The number of nitriles is 1. The Morgan fingerprint density at radius 1 is 1.29 bits per heavy atom. The molecule has 0 fully saturated rings. The van der Waals surface area contributed by atoms with Crippen LogP contribution in [0.4, 0.5) is 4.39 Å². The molecular formula is C12H14FN. The second-order valence-corrected chi connectivity index (χ2v) is 3.47. The average Bonchev–Trinajstić information content (AvgIpc) is 2.17. The van der Waals surface area contributed by atoms with Gasteiger partial charge in [0.15, 0.2) is 0 Å². The predicted molar refractivity (Wildman–Crippen MR) is 54.7 cm³/mol. The topological polar surface area (TPSA) is 23.8 Å². The van der Waals surface area contributed by atoms with E-state index in [0.717, 1.165) is 17.5 Å². The lowest BCUT2D eigenvalue weighted by Crippen LogP contribution is -1.95. The predicted octanol–water partition coefficient (Wildman–Crippen LogP) is 3.04. The molecule has 0 amide bonds. The van der Waals surface area contributed by atoms with E-state index in [1.54, 1.807) is 6.92 Å². The first-order valence-electron chi connectivity index (χ1n) is 4.81. The van der Waals surface area contributed by atoms with Crippen molar-refractivity contribution < 1.29 is 4.39 Å². The number of hydrogen-bond acceptors (Lipinski definition) is 1. The molecule has 0 aliphatic carbocycles. The molecule has 1 aromatic rings. The fraction of sp³-hybridized carbons (Fsp3) is 0.417. The van der Waals surface area contributed by atoms with Crippen LogP contribution >= 0.6 is 0 Å². The molecule has 2 heteroatoms. The molecule has 1 nitrogen and oxygen atoms in total. The van der Waals surface area contributed by atoms with Crippen LogP contribution in [0.15, 0.2) is 24.3 Å². The van der Waals surface area contributed by atoms with Gasteiger partial charge in [0.1, 0.15) is 0 Å². The number of nitrogens with zero attached hydrogens (tertiary/aromatic N) is 1. The third-order valence-corrected chi connectivity index (χ3v) is 2.14. The molecule has 1 atom stereocenters. The first kappa shape index (κ1) is 10.7. The Morgan fingerprint density at radius 2 is 1.86 bits per heavy atom. The SMILES string of the molecule is CC(F)CCc1ccc(CC#N)cc1. The number of alkyl halides is 1. The summed E-state index contributed by atoms with van der Waals surface area (Å²) in [5, 5.41) is 8.47. The zero-order valence-electron chi connectivity index (χ0n) is 8.33. The van der Waals surface area contributed by atoms with Crippen molar-refractivity contribution in [3.63, 3.8) is 0 Å². The minimum atomic E-state index is -0.742. The van der Waals surface area contributed by atoms with E-state index in [4.69, 9.17) is 5.26 Å². The molecule has 0 spiro atoms. The Kier molecular flexibility index (Phi) is 4.12. The van der Waals surface area contributed by atoms with Gasteiger partial charge in [-0.05, 0) is 30.9 Å². The maximum atomic E-state index is 12.5. The van der Waals surface area contributed by atoms with Crippen molar-refractivity contribution in [3.05, 3.63) is 35.4 Å². The van der Waals surface area contributed by atoms with Gasteiger partial charge in [0.2, 0.25) is 0 Å². The molecule has 1 aromatic carbocycles. The lowest BCUT2D eigenvalue weighted by molar-refractivity contribution is 0.341. The lowest BCUT2D eigenvalue weighted by Gasteiger charge is -2.02. The van der Waals surface area contributed by atoms with E-state index in [0.29, 0.717) is 12.8 Å². The fourth-order valence-corrected chi connectivity index (χ4v) is 1.28. The van der Waals surface area contributed by atoms with E-state index in [1.165, 1.54) is 0 Å². The van der Waals surface area contributed by atoms with E-state index in [1.807, 2.05) is 24.3 Å². The number of halogens is 1. The summed E-state index contributed by atoms with van der Waals surface area (Å²) in [6.07, 6.45) is 1.04. The first-order chi connectivity index (χ1) is 6.72. The van der Waals surface area contributed by atoms with Crippen molar-refractivity contribution in [2.45, 2.75) is 32.4 Å². The molecule has 0 aromatic heterocycles. The van der Waals surface area contributed by atoms with Gasteiger partial charge in [0.05, 0.1) is 18.7 Å². The summed E-state index contributed by atoms with van der Waals surface area (Å²) in [5.74, 6) is 0. The molecule has 14 heavy (non-hydrogen) atoms. The summed E-state index contributed by atoms with van der Waals surface area (Å²) in [5.41, 5.74) is 2.15. The summed E-state index contributed by atoms with van der Waals surface area (Å²) >= 11 is 0. The van der Waals surface area contributed by atoms with Crippen molar-refractivity contribution in [2.75, 3.05) is 0 Å². The van der Waals surface area contributed by atoms with Gasteiger partial charge < -0.3 is 0 Å². The van der Waals surface area contributed by atoms with Gasteiger partial charge in [0.25, 0.3) is 0 Å². The Bertz CT molecular complexity index is 308. The molecule has 0 saturated heterocycles. The van der Waals surface area contributed by atoms with E-state index >= 15 is 0 Å². The highest BCUT2D eigenvalue weighted by Gasteiger charge is 1.99. The Balaban J connectivity index is 2.52. The van der Waals surface area contributed by atoms with Gasteiger partial charge in [0, 0.05) is 0 Å². The molecule has 1 unspecified atom stereocenters. The number of hydrogen-bond donors (Lipinski definition) is 0. The molecule has 1 rings (SSSR count). The number of rotatable bonds is 4. The van der Waals surface area contributed by atoms with Crippen LogP contribution in [0, 0.1) is 11.3 Å². The van der Waals surface area contributed by atoms with E-state index < -0.39 is 6.17 Å². The maximum Gasteiger partial charge on any atom is 0.0976 e. The summed E-state index contributed by atoms with van der Waals surface area (Å²) < 4.78 is 12.5. The Labute approximate surface area is 84.2 Å². The molecule has 0 saturated carbocycles. The maximum absolute atomic E-state index is 12.5. The van der Waals surface area contributed by atoms with Crippen LogP contribution in [0.3, 0.4) is 0 Å². The van der Waals surface area contributed by atoms with Crippen molar-refractivity contribution >= 4 is 0 Å². The molecule has 74 valence electrons. The van der Waals surface area contributed by atoms with Crippen LogP contribution in [-0.4, -0.2) is 6.17 Å². The highest BCUT2D eigenvalue weighted by Crippen LogP contribution is 2.09. The summed E-state index contributed by atoms with van der Waals surface area (Å²) in [6, 6.07) is 9.89. The summed E-state index contributed by atoms with van der Waals surface area (Å²) in [7, 11) is 0. The minimum Gasteiger partial charge on any atom is -0.248 e. The van der Waals surface area contributed by atoms with Gasteiger partial charge in [-0.2, -0.15) is 5.26 Å². The monoisotopic (exact) mass is 191 g/mol. The van der Waals surface area contributed by atoms with E-state index in [-0.39, 0.29) is 0 Å². The number of aryl methyl sites for hydroxylation is 1. The number of benzene rings is 1. The molecule has 0 aliphatic rings. The van der Waals surface area contributed by atoms with Gasteiger partial charge in [-0.3, -0.25) is 0 Å². The van der Waals surface area contributed by atoms with Crippen LogP contribution in [0.5, 0.6) is 0 Å². The highest BCUT2D eigenvalue weighted by molar-refractivity contribution is 5.24. The van der Waals surface area contributed by atoms with E-state index in [2.05, 4.69) is 6.07 Å². The lowest BCUT2D eigenvalue weighted by atomic mass is 10.0. The van der Waals surface area contributed by atoms with Crippen LogP contribution in [0.25, 0.3) is 0 Å². The zero-order chi connectivity index (χ0) is 10.4. The summed E-state index contributed by atoms with van der Waals surface area (Å²) in [4.78, 5) is 0. The van der Waals surface area contributed by atoms with Crippen LogP contribution in [0.1, 0.15) is 24.5 Å². The smallest absolute Gasteiger partial charge is 0.0976 e. The van der Waals surface area contributed by atoms with Gasteiger partial charge in [-0.15, -0.1) is 0 Å². The molecule has 0 radical (unpaired) electrons. The van der Waals surface area contributed by atoms with Crippen molar-refractivity contribution in [1.82, 2.24) is 0 Å². The Hall–Kier alpha value is -1.36. The third-order valence-electron chi connectivity index (χ3n) is 2.14. The van der Waals surface area contributed by atoms with Crippen LogP contribution in [0.2, 0.25) is 0 Å². The Morgan fingerprint density at radius 3 is 2.36 bits per heavy atom. The standard InChI is InChI=1S/C12H14FN/c1-10(13)2-3-11-4-6-12(7-5-11)8-9-14/h4-7,10H,2-3,8H2,1H3. The molecule has 0 aliphatic heterocycles. The van der Waals surface area contributed by atoms with Crippen molar-refractivity contribution in [3.8, 4) is 6.07 Å². The molecule has 0 heterocycles. The quantitative estimate of drug-likeness (QED) is 0.717. The van der Waals surface area contributed by atoms with Crippen molar-refractivity contribution in [2.24, 2.45) is 0 Å². The third kappa shape index (κ3) is 3.57. The minimum absolute atomic E-state index is 0.444. The van der Waals surface area contributed by atoms with Crippen LogP contribution < -0.4 is 0 Å². The average molecular weight is 191 g/mol. The second kappa shape index (κ2) is 5.39. The normalized spacial score (nSPS) is 12.1. The first-order valence-corrected chi connectivity index (χ1v) is 4.81. The molecule has 0 N–H and O–H groups in total. The zero-order valence-corrected chi connectivity index (χ0v) is 8.33. The fourth-order valence-electron chi connectivity index (χ4n) is 1.28. The molecule has 0 bridgehead atoms. The van der Waals surface area contributed by atoms with Gasteiger partial charge in [-0.1, -0.05) is 24.3 Å². The molecular weight excluding hydrogens is 177 g/mol. The van der Waals surface area contributed by atoms with Gasteiger partial charge >= 0.3 is 0 Å². The van der Waals surface area contributed by atoms with Crippen molar-refractivity contribution in [1.29, 1.82) is 5.26 Å². The van der Waals surface area contributed by atoms with E-state index in [9.17, 15) is 4.39 Å². The van der Waals surface area contributed by atoms with Gasteiger partial charge in [-0.25, -0.2) is 4.39 Å². The largest absolute Gasteiger partial charge is 0.248 e. The van der Waals surface area contributed by atoms with Crippen LogP contribution in [-0.2, 0) is 12.8 Å². The second-order valence-electron chi connectivity index (χ2n) is 3.47. The highest BCUT2D eigenvalue weighted by atomic mass is 19.1. The summed E-state index contributed by atoms with van der Waals surface area (Å²) in [6.45, 7) is 1.57.